The third-order valence-electron chi connectivity index (χ3n) is 2.25. The number of pyridine rings is 1. The Kier molecular flexibility index (Phi) is 5.23. The van der Waals surface area contributed by atoms with Gasteiger partial charge in [-0.3, -0.25) is 4.98 Å². The molecule has 1 rings (SSSR count). The first-order chi connectivity index (χ1) is 8.24. The van der Waals surface area contributed by atoms with Crippen molar-refractivity contribution in [1.29, 1.82) is 0 Å². The lowest BCUT2D eigenvalue weighted by atomic mass is 10.1. The summed E-state index contributed by atoms with van der Waals surface area (Å²) in [5.74, 6) is 0.673. The molecule has 0 aromatic carbocycles. The molecule has 1 aromatic heterocycles. The van der Waals surface area contributed by atoms with Crippen molar-refractivity contribution >= 4 is 0 Å². The highest BCUT2D eigenvalue weighted by atomic mass is 16.5. The SMILES string of the molecule is C=COCc1cnc(C)c(OC=C)c1COC. The Bertz CT molecular complexity index is 402. The Morgan fingerprint density at radius 3 is 2.65 bits per heavy atom. The number of hydrogen-bond donors (Lipinski definition) is 0. The number of ether oxygens (including phenoxy) is 3. The number of aryl methyl sites for hydroxylation is 1. The van der Waals surface area contributed by atoms with Crippen molar-refractivity contribution in [2.24, 2.45) is 0 Å². The van der Waals surface area contributed by atoms with Gasteiger partial charge in [0.1, 0.15) is 6.61 Å². The molecule has 0 aliphatic heterocycles. The quantitative estimate of drug-likeness (QED) is 0.681. The van der Waals surface area contributed by atoms with Crippen molar-refractivity contribution in [1.82, 2.24) is 4.98 Å². The van der Waals surface area contributed by atoms with Crippen molar-refractivity contribution in [3.05, 3.63) is 48.7 Å². The van der Waals surface area contributed by atoms with Gasteiger partial charge in [0.25, 0.3) is 0 Å². The van der Waals surface area contributed by atoms with E-state index in [1.807, 2.05) is 6.92 Å². The van der Waals surface area contributed by atoms with Crippen LogP contribution < -0.4 is 4.74 Å². The number of nitrogens with zero attached hydrogens (tertiary/aromatic N) is 1. The molecule has 0 bridgehead atoms. The first kappa shape index (κ1) is 13.3. The monoisotopic (exact) mass is 235 g/mol. The van der Waals surface area contributed by atoms with Crippen LogP contribution in [0.3, 0.4) is 0 Å². The average molecular weight is 235 g/mol. The van der Waals surface area contributed by atoms with Gasteiger partial charge >= 0.3 is 0 Å². The molecular formula is C13H17NO3. The Hall–Kier alpha value is -1.81. The van der Waals surface area contributed by atoms with Crippen molar-refractivity contribution < 1.29 is 14.2 Å². The van der Waals surface area contributed by atoms with Crippen LogP contribution in [0.5, 0.6) is 5.75 Å². The summed E-state index contributed by atoms with van der Waals surface area (Å²) in [6.07, 6.45) is 4.52. The van der Waals surface area contributed by atoms with E-state index >= 15 is 0 Å². The van der Waals surface area contributed by atoms with Crippen LogP contribution in [0.1, 0.15) is 16.8 Å². The molecule has 1 heterocycles. The van der Waals surface area contributed by atoms with Gasteiger partial charge in [-0.05, 0) is 6.92 Å². The summed E-state index contributed by atoms with van der Waals surface area (Å²) in [6, 6.07) is 0. The lowest BCUT2D eigenvalue weighted by Crippen LogP contribution is -2.04. The van der Waals surface area contributed by atoms with Crippen LogP contribution in [0, 0.1) is 6.92 Å². The minimum atomic E-state index is 0.392. The molecule has 0 amide bonds. The molecule has 0 spiro atoms. The van der Waals surface area contributed by atoms with Crippen LogP contribution in [0.4, 0.5) is 0 Å². The lowest BCUT2D eigenvalue weighted by molar-refractivity contribution is 0.176. The van der Waals surface area contributed by atoms with Crippen molar-refractivity contribution in [3.63, 3.8) is 0 Å². The summed E-state index contributed by atoms with van der Waals surface area (Å²) in [5, 5.41) is 0. The van der Waals surface area contributed by atoms with E-state index < -0.39 is 0 Å². The van der Waals surface area contributed by atoms with E-state index in [-0.39, 0.29) is 0 Å². The van der Waals surface area contributed by atoms with Gasteiger partial charge in [0.2, 0.25) is 0 Å². The summed E-state index contributed by atoms with van der Waals surface area (Å²) in [5.41, 5.74) is 2.62. The number of aromatic nitrogens is 1. The summed E-state index contributed by atoms with van der Waals surface area (Å²) in [6.45, 7) is 9.75. The Labute approximate surface area is 102 Å². The summed E-state index contributed by atoms with van der Waals surface area (Å²) in [7, 11) is 1.63. The summed E-state index contributed by atoms with van der Waals surface area (Å²) >= 11 is 0. The molecule has 92 valence electrons. The predicted molar refractivity (Wildman–Crippen MR) is 65.5 cm³/mol. The van der Waals surface area contributed by atoms with Gasteiger partial charge in [-0.2, -0.15) is 0 Å². The first-order valence-corrected chi connectivity index (χ1v) is 5.21. The van der Waals surface area contributed by atoms with Gasteiger partial charge < -0.3 is 14.2 Å². The van der Waals surface area contributed by atoms with Crippen LogP contribution >= 0.6 is 0 Å². The van der Waals surface area contributed by atoms with E-state index in [4.69, 9.17) is 14.2 Å². The van der Waals surface area contributed by atoms with Crippen molar-refractivity contribution in [3.8, 4) is 5.75 Å². The number of methoxy groups -OCH3 is 1. The maximum absolute atomic E-state index is 5.38. The Morgan fingerprint density at radius 2 is 2.06 bits per heavy atom. The Morgan fingerprint density at radius 1 is 1.29 bits per heavy atom. The minimum absolute atomic E-state index is 0.392. The molecule has 0 saturated heterocycles. The van der Waals surface area contributed by atoms with E-state index in [2.05, 4.69) is 18.1 Å². The van der Waals surface area contributed by atoms with Crippen molar-refractivity contribution in [2.45, 2.75) is 20.1 Å². The van der Waals surface area contributed by atoms with E-state index in [9.17, 15) is 0 Å². The topological polar surface area (TPSA) is 40.6 Å². The largest absolute Gasteiger partial charge is 0.497 e. The normalized spacial score (nSPS) is 9.76. The van der Waals surface area contributed by atoms with E-state index in [1.165, 1.54) is 12.5 Å². The fourth-order valence-electron chi connectivity index (χ4n) is 1.49. The van der Waals surface area contributed by atoms with Gasteiger partial charge in [-0.25, -0.2) is 0 Å². The molecule has 17 heavy (non-hydrogen) atoms. The lowest BCUT2D eigenvalue weighted by Gasteiger charge is -2.14. The second-order valence-corrected chi connectivity index (χ2v) is 3.37. The summed E-state index contributed by atoms with van der Waals surface area (Å²) < 4.78 is 15.7. The molecule has 0 aliphatic rings. The van der Waals surface area contributed by atoms with Gasteiger partial charge in [-0.1, -0.05) is 13.2 Å². The molecule has 0 fully saturated rings. The maximum atomic E-state index is 5.38. The highest BCUT2D eigenvalue weighted by Gasteiger charge is 2.13. The molecule has 0 atom stereocenters. The van der Waals surface area contributed by atoms with Crippen LogP contribution in [0.2, 0.25) is 0 Å². The van der Waals surface area contributed by atoms with Crippen molar-refractivity contribution in [2.75, 3.05) is 7.11 Å². The number of rotatable bonds is 7. The van der Waals surface area contributed by atoms with Gasteiger partial charge in [-0.15, -0.1) is 0 Å². The standard InChI is InChI=1S/C13H17NO3/c1-5-16-8-11-7-14-10(3)13(17-6-2)12(11)9-15-4/h5-7H,1-2,8-9H2,3-4H3. The smallest absolute Gasteiger partial charge is 0.153 e. The molecule has 0 aliphatic carbocycles. The second-order valence-electron chi connectivity index (χ2n) is 3.37. The molecule has 4 heteroatoms. The Balaban J connectivity index is 3.14. The highest BCUT2D eigenvalue weighted by Crippen LogP contribution is 2.26. The fourth-order valence-corrected chi connectivity index (χ4v) is 1.49. The van der Waals surface area contributed by atoms with Crippen LogP contribution in [0.25, 0.3) is 0 Å². The zero-order valence-electron chi connectivity index (χ0n) is 10.2. The van der Waals surface area contributed by atoms with Crippen LogP contribution in [-0.2, 0) is 22.7 Å². The molecule has 0 unspecified atom stereocenters. The van der Waals surface area contributed by atoms with E-state index in [0.717, 1.165) is 16.8 Å². The zero-order valence-corrected chi connectivity index (χ0v) is 10.2. The first-order valence-electron chi connectivity index (χ1n) is 5.21. The third-order valence-corrected chi connectivity index (χ3v) is 2.25. The van der Waals surface area contributed by atoms with Crippen LogP contribution in [-0.4, -0.2) is 12.1 Å². The average Bonchev–Trinajstić information content (AvgIpc) is 2.33. The molecule has 0 N–H and O–H groups in total. The third kappa shape index (κ3) is 3.32. The van der Waals surface area contributed by atoms with Gasteiger partial charge in [0.05, 0.1) is 24.8 Å². The van der Waals surface area contributed by atoms with Crippen LogP contribution in [0.15, 0.2) is 31.9 Å². The molecule has 4 nitrogen and oxygen atoms in total. The zero-order chi connectivity index (χ0) is 12.7. The molecule has 1 aromatic rings. The fraction of sp³-hybridized carbons (Fsp3) is 0.308. The number of hydrogen-bond acceptors (Lipinski definition) is 4. The molecule has 0 saturated carbocycles. The molecule has 0 radical (unpaired) electrons. The highest BCUT2D eigenvalue weighted by molar-refractivity contribution is 5.41. The molecular weight excluding hydrogens is 218 g/mol. The van der Waals surface area contributed by atoms with E-state index in [1.54, 1.807) is 13.3 Å². The minimum Gasteiger partial charge on any atom is -0.497 e. The second kappa shape index (κ2) is 6.70. The predicted octanol–water partition coefficient (Wildman–Crippen LogP) is 2.72. The van der Waals surface area contributed by atoms with Gasteiger partial charge in [0, 0.05) is 24.4 Å². The maximum Gasteiger partial charge on any atom is 0.153 e. The van der Waals surface area contributed by atoms with E-state index in [0.29, 0.717) is 19.0 Å². The van der Waals surface area contributed by atoms with Gasteiger partial charge in [0.15, 0.2) is 5.75 Å². The summed E-state index contributed by atoms with van der Waals surface area (Å²) in [4.78, 5) is 4.25.